The average Bonchev–Trinajstić information content (AvgIpc) is 3.30. The molecule has 0 aromatic carbocycles. The molecule has 10 nitrogen and oxygen atoms in total. The molecule has 0 aliphatic heterocycles. The number of rotatable bonds is 4. The van der Waals surface area contributed by atoms with E-state index in [1.165, 1.54) is 0 Å². The van der Waals surface area contributed by atoms with Gasteiger partial charge in [-0.15, -0.1) is 20.4 Å². The van der Waals surface area contributed by atoms with Crippen molar-refractivity contribution in [2.24, 2.45) is 0 Å². The first-order valence-electron chi connectivity index (χ1n) is 10.6. The zero-order valence-corrected chi connectivity index (χ0v) is 17.9. The lowest BCUT2D eigenvalue weighted by Crippen LogP contribution is -2.34. The highest BCUT2D eigenvalue weighted by molar-refractivity contribution is 5.44. The van der Waals surface area contributed by atoms with Gasteiger partial charge >= 0.3 is 0 Å². The predicted molar refractivity (Wildman–Crippen MR) is 116 cm³/mol. The molecule has 4 aromatic rings. The molecule has 31 heavy (non-hydrogen) atoms. The Labute approximate surface area is 178 Å². The van der Waals surface area contributed by atoms with Gasteiger partial charge in [0.25, 0.3) is 5.56 Å². The Bertz CT molecular complexity index is 1290. The van der Waals surface area contributed by atoms with E-state index in [0.29, 0.717) is 11.9 Å². The van der Waals surface area contributed by atoms with Gasteiger partial charge < -0.3 is 5.32 Å². The molecule has 0 amide bonds. The van der Waals surface area contributed by atoms with Gasteiger partial charge in [-0.1, -0.05) is 0 Å². The summed E-state index contributed by atoms with van der Waals surface area (Å²) >= 11 is 0. The van der Waals surface area contributed by atoms with Gasteiger partial charge in [-0.2, -0.15) is 9.61 Å². The minimum absolute atomic E-state index is 0.0723. The normalized spacial score (nSPS) is 19.1. The van der Waals surface area contributed by atoms with Gasteiger partial charge in [0.05, 0.1) is 11.7 Å². The molecule has 10 heteroatoms. The van der Waals surface area contributed by atoms with Crippen molar-refractivity contribution in [3.8, 4) is 5.82 Å². The quantitative estimate of drug-likeness (QED) is 0.541. The summed E-state index contributed by atoms with van der Waals surface area (Å²) in [7, 11) is 0. The van der Waals surface area contributed by atoms with E-state index in [-0.39, 0.29) is 11.6 Å². The standard InChI is InChI=1S/C21H25N9O/c1-13-12-14(2)28(25-13)20-10-11-21(31)30(27-20)17-6-4-16(5-7-17)22-18-8-9-19-24-23-15(3)29(19)26-18/h8-12,16-17H,4-7H2,1-3H3,(H,22,26). The summed E-state index contributed by atoms with van der Waals surface area (Å²) in [6.07, 6.45) is 3.62. The van der Waals surface area contributed by atoms with Gasteiger partial charge in [0.15, 0.2) is 17.3 Å². The van der Waals surface area contributed by atoms with Crippen molar-refractivity contribution >= 4 is 11.5 Å². The first-order chi connectivity index (χ1) is 15.0. The third-order valence-corrected chi connectivity index (χ3v) is 5.85. The van der Waals surface area contributed by atoms with Crippen molar-refractivity contribution in [3.63, 3.8) is 0 Å². The Balaban J connectivity index is 1.30. The molecule has 0 radical (unpaired) electrons. The molecule has 1 saturated carbocycles. The molecule has 5 rings (SSSR count). The molecule has 1 fully saturated rings. The largest absolute Gasteiger partial charge is 0.366 e. The van der Waals surface area contributed by atoms with Crippen molar-refractivity contribution < 1.29 is 0 Å². The molecule has 0 saturated heterocycles. The summed E-state index contributed by atoms with van der Waals surface area (Å²) in [6, 6.07) is 9.55. The van der Waals surface area contributed by atoms with Gasteiger partial charge in [-0.3, -0.25) is 4.79 Å². The zero-order valence-electron chi connectivity index (χ0n) is 17.9. The number of fused-ring (bicyclic) bond motifs is 1. The summed E-state index contributed by atoms with van der Waals surface area (Å²) in [5.41, 5.74) is 2.59. The third-order valence-electron chi connectivity index (χ3n) is 5.85. The van der Waals surface area contributed by atoms with E-state index in [4.69, 9.17) is 0 Å². The van der Waals surface area contributed by atoms with Gasteiger partial charge in [-0.25, -0.2) is 9.36 Å². The molecule has 0 unspecified atom stereocenters. The van der Waals surface area contributed by atoms with Crippen LogP contribution in [-0.4, -0.2) is 45.4 Å². The number of nitrogens with one attached hydrogen (secondary N) is 1. The third kappa shape index (κ3) is 3.69. The van der Waals surface area contributed by atoms with Crippen molar-refractivity contribution in [3.05, 3.63) is 57.9 Å². The van der Waals surface area contributed by atoms with Crippen LogP contribution in [0.5, 0.6) is 0 Å². The Morgan fingerprint density at radius 1 is 0.935 bits per heavy atom. The van der Waals surface area contributed by atoms with E-state index >= 15 is 0 Å². The van der Waals surface area contributed by atoms with Crippen LogP contribution in [0.25, 0.3) is 11.5 Å². The number of hydrogen-bond acceptors (Lipinski definition) is 7. The van der Waals surface area contributed by atoms with Crippen LogP contribution in [0.3, 0.4) is 0 Å². The monoisotopic (exact) mass is 419 g/mol. The Morgan fingerprint density at radius 3 is 2.48 bits per heavy atom. The van der Waals surface area contributed by atoms with Gasteiger partial charge in [0.2, 0.25) is 0 Å². The summed E-state index contributed by atoms with van der Waals surface area (Å²) in [4.78, 5) is 12.5. The van der Waals surface area contributed by atoms with Crippen molar-refractivity contribution in [2.75, 3.05) is 5.32 Å². The molecule has 0 atom stereocenters. The Hall–Kier alpha value is -3.56. The molecular weight excluding hydrogens is 394 g/mol. The van der Waals surface area contributed by atoms with E-state index in [0.717, 1.165) is 54.4 Å². The van der Waals surface area contributed by atoms with Crippen LogP contribution in [0.2, 0.25) is 0 Å². The van der Waals surface area contributed by atoms with Crippen LogP contribution in [0, 0.1) is 20.8 Å². The molecule has 1 N–H and O–H groups in total. The highest BCUT2D eigenvalue weighted by atomic mass is 16.1. The van der Waals surface area contributed by atoms with Crippen LogP contribution in [0.1, 0.15) is 48.9 Å². The summed E-state index contributed by atoms with van der Waals surface area (Å²) < 4.78 is 5.15. The molecule has 0 bridgehead atoms. The van der Waals surface area contributed by atoms with E-state index in [1.807, 2.05) is 39.0 Å². The highest BCUT2D eigenvalue weighted by Gasteiger charge is 2.24. The minimum atomic E-state index is -0.0723. The molecule has 0 spiro atoms. The molecule has 1 aliphatic carbocycles. The Kier molecular flexibility index (Phi) is 4.76. The van der Waals surface area contributed by atoms with E-state index in [1.54, 1.807) is 26.0 Å². The van der Waals surface area contributed by atoms with Crippen LogP contribution in [0.4, 0.5) is 5.82 Å². The molecule has 4 heterocycles. The van der Waals surface area contributed by atoms with E-state index in [9.17, 15) is 4.79 Å². The fourth-order valence-corrected chi connectivity index (χ4v) is 4.30. The molecule has 1 aliphatic rings. The molecule has 4 aromatic heterocycles. The van der Waals surface area contributed by atoms with Gasteiger partial charge in [-0.05, 0) is 70.7 Å². The maximum atomic E-state index is 12.5. The van der Waals surface area contributed by atoms with E-state index < -0.39 is 0 Å². The first kappa shape index (κ1) is 19.4. The SMILES string of the molecule is Cc1cc(C)n(-c2ccc(=O)n(C3CCC(Nc4ccc5nnc(C)n5n4)CC3)n2)n1. The second-order valence-corrected chi connectivity index (χ2v) is 8.20. The second kappa shape index (κ2) is 7.60. The molecule has 160 valence electrons. The second-order valence-electron chi connectivity index (χ2n) is 8.20. The summed E-state index contributed by atoms with van der Waals surface area (Å²) in [5, 5.41) is 25.3. The lowest BCUT2D eigenvalue weighted by Gasteiger charge is -2.29. The lowest BCUT2D eigenvalue weighted by molar-refractivity contribution is 0.302. The van der Waals surface area contributed by atoms with Crippen LogP contribution >= 0.6 is 0 Å². The number of anilines is 1. The summed E-state index contributed by atoms with van der Waals surface area (Å²) in [5.74, 6) is 2.24. The number of aryl methyl sites for hydroxylation is 3. The number of nitrogens with zero attached hydrogens (tertiary/aromatic N) is 8. The number of hydrogen-bond donors (Lipinski definition) is 1. The fraction of sp³-hybridized carbons (Fsp3) is 0.429. The highest BCUT2D eigenvalue weighted by Crippen LogP contribution is 2.29. The van der Waals surface area contributed by atoms with Crippen LogP contribution < -0.4 is 10.9 Å². The summed E-state index contributed by atoms with van der Waals surface area (Å²) in [6.45, 7) is 5.82. The van der Waals surface area contributed by atoms with Gasteiger partial charge in [0, 0.05) is 17.8 Å². The predicted octanol–water partition coefficient (Wildman–Crippen LogP) is 2.39. The van der Waals surface area contributed by atoms with Crippen molar-refractivity contribution in [2.45, 2.75) is 58.5 Å². The zero-order chi connectivity index (χ0) is 21.5. The minimum Gasteiger partial charge on any atom is -0.366 e. The van der Waals surface area contributed by atoms with Crippen molar-refractivity contribution in [1.82, 2.24) is 39.4 Å². The topological polar surface area (TPSA) is 108 Å². The first-order valence-corrected chi connectivity index (χ1v) is 10.6. The van der Waals surface area contributed by atoms with Crippen molar-refractivity contribution in [1.29, 1.82) is 0 Å². The maximum Gasteiger partial charge on any atom is 0.267 e. The average molecular weight is 419 g/mol. The fourth-order valence-electron chi connectivity index (χ4n) is 4.30. The molecular formula is C21H25N9O. The van der Waals surface area contributed by atoms with Gasteiger partial charge in [0.1, 0.15) is 5.82 Å². The van der Waals surface area contributed by atoms with Crippen LogP contribution in [0.15, 0.2) is 35.1 Å². The lowest BCUT2D eigenvalue weighted by atomic mass is 9.91. The Morgan fingerprint density at radius 2 is 1.74 bits per heavy atom. The smallest absolute Gasteiger partial charge is 0.267 e. The maximum absolute atomic E-state index is 12.5. The van der Waals surface area contributed by atoms with E-state index in [2.05, 4.69) is 30.8 Å². The number of aromatic nitrogens is 8. The van der Waals surface area contributed by atoms with Crippen LogP contribution in [-0.2, 0) is 0 Å².